The molecule has 0 aromatic heterocycles. The number of rotatable bonds is 5. The molecule has 0 spiro atoms. The lowest BCUT2D eigenvalue weighted by molar-refractivity contribution is -0.125. The molecule has 0 aliphatic carbocycles. The maximum Gasteiger partial charge on any atom is 0.248 e. The Bertz CT molecular complexity index is 187. The van der Waals surface area contributed by atoms with Gasteiger partial charge in [0.15, 0.2) is 0 Å². The Labute approximate surface area is 80.6 Å². The highest BCUT2D eigenvalue weighted by atomic mass is 16.2. The molecule has 3 nitrogen and oxygen atoms in total. The molecule has 1 amide bonds. The number of allylic oxidation sites excluding steroid dienone is 1. The molecule has 3 heteroatoms. The number of nitrogens with zero attached hydrogens (tertiary/aromatic N) is 1. The van der Waals surface area contributed by atoms with Gasteiger partial charge in [-0.15, -0.1) is 0 Å². The molecule has 0 bridgehead atoms. The first-order chi connectivity index (χ1) is 6.13. The molecule has 0 unspecified atom stereocenters. The van der Waals surface area contributed by atoms with E-state index in [9.17, 15) is 4.79 Å². The molecule has 0 aromatic rings. The van der Waals surface area contributed by atoms with Crippen LogP contribution in [0.25, 0.3) is 0 Å². The van der Waals surface area contributed by atoms with Crippen molar-refractivity contribution in [3.05, 3.63) is 11.6 Å². The van der Waals surface area contributed by atoms with E-state index >= 15 is 0 Å². The second-order valence-electron chi connectivity index (χ2n) is 3.16. The number of hydrogen-bond acceptors (Lipinski definition) is 2. The van der Waals surface area contributed by atoms with Gasteiger partial charge in [-0.3, -0.25) is 4.79 Å². The van der Waals surface area contributed by atoms with Crippen LogP contribution in [0.4, 0.5) is 0 Å². The van der Waals surface area contributed by atoms with Gasteiger partial charge < -0.3 is 10.6 Å². The normalized spacial score (nSPS) is 11.5. The highest BCUT2D eigenvalue weighted by Gasteiger charge is 2.08. The minimum Gasteiger partial charge on any atom is -0.342 e. The Kier molecular flexibility index (Phi) is 6.24. The lowest BCUT2D eigenvalue weighted by Crippen LogP contribution is -2.29. The third-order valence-corrected chi connectivity index (χ3v) is 1.89. The van der Waals surface area contributed by atoms with Gasteiger partial charge in [0, 0.05) is 19.2 Å². The summed E-state index contributed by atoms with van der Waals surface area (Å²) in [5, 5.41) is 0. The van der Waals surface area contributed by atoms with Crippen LogP contribution in [0.1, 0.15) is 26.7 Å². The highest BCUT2D eigenvalue weighted by Crippen LogP contribution is 2.00. The maximum atomic E-state index is 11.6. The summed E-state index contributed by atoms with van der Waals surface area (Å²) in [7, 11) is 1.81. The van der Waals surface area contributed by atoms with E-state index in [1.807, 2.05) is 27.0 Å². The van der Waals surface area contributed by atoms with Crippen molar-refractivity contribution < 1.29 is 4.79 Å². The van der Waals surface area contributed by atoms with E-state index in [1.165, 1.54) is 0 Å². The van der Waals surface area contributed by atoms with Gasteiger partial charge in [-0.25, -0.2) is 0 Å². The zero-order valence-electron chi connectivity index (χ0n) is 8.84. The summed E-state index contributed by atoms with van der Waals surface area (Å²) >= 11 is 0. The van der Waals surface area contributed by atoms with E-state index in [4.69, 9.17) is 5.73 Å². The number of carbonyl (C=O) groups is 1. The molecule has 0 saturated heterocycles. The number of likely N-dealkylation sites (N-methyl/N-ethyl adjacent to an activating group) is 1. The van der Waals surface area contributed by atoms with Crippen LogP contribution in [-0.2, 0) is 4.79 Å². The second-order valence-corrected chi connectivity index (χ2v) is 3.16. The molecule has 0 aromatic carbocycles. The Hall–Kier alpha value is -0.830. The highest BCUT2D eigenvalue weighted by molar-refractivity contribution is 5.92. The minimum atomic E-state index is 0.107. The SMILES string of the molecule is CC/C=C(/C)C(=O)N(C)CCCN. The molecular weight excluding hydrogens is 164 g/mol. The Morgan fingerprint density at radius 3 is 2.62 bits per heavy atom. The lowest BCUT2D eigenvalue weighted by atomic mass is 10.2. The number of carbonyl (C=O) groups excluding carboxylic acids is 1. The summed E-state index contributed by atoms with van der Waals surface area (Å²) in [6.45, 7) is 5.25. The molecule has 0 fully saturated rings. The first-order valence-electron chi connectivity index (χ1n) is 4.75. The molecule has 76 valence electrons. The number of hydrogen-bond donors (Lipinski definition) is 1. The van der Waals surface area contributed by atoms with E-state index in [1.54, 1.807) is 4.90 Å². The van der Waals surface area contributed by atoms with Gasteiger partial charge in [0.2, 0.25) is 5.91 Å². The molecule has 0 heterocycles. The largest absolute Gasteiger partial charge is 0.342 e. The third-order valence-electron chi connectivity index (χ3n) is 1.89. The summed E-state index contributed by atoms with van der Waals surface area (Å²) in [6, 6.07) is 0. The topological polar surface area (TPSA) is 46.3 Å². The molecular formula is C10H20N2O. The summed E-state index contributed by atoms with van der Waals surface area (Å²) in [4.78, 5) is 13.3. The molecule has 13 heavy (non-hydrogen) atoms. The van der Waals surface area contributed by atoms with Crippen LogP contribution in [0.3, 0.4) is 0 Å². The van der Waals surface area contributed by atoms with Gasteiger partial charge in [-0.2, -0.15) is 0 Å². The average Bonchev–Trinajstić information content (AvgIpc) is 2.13. The van der Waals surface area contributed by atoms with Crippen molar-refractivity contribution in [3.63, 3.8) is 0 Å². The van der Waals surface area contributed by atoms with Gasteiger partial charge in [0.25, 0.3) is 0 Å². The van der Waals surface area contributed by atoms with Crippen molar-refractivity contribution >= 4 is 5.91 Å². The fourth-order valence-corrected chi connectivity index (χ4v) is 1.12. The molecule has 0 atom stereocenters. The molecule has 0 aliphatic heterocycles. The van der Waals surface area contributed by atoms with Crippen LogP contribution >= 0.6 is 0 Å². The van der Waals surface area contributed by atoms with Crippen LogP contribution < -0.4 is 5.73 Å². The summed E-state index contributed by atoms with van der Waals surface area (Å²) in [6.07, 6.45) is 3.71. The molecule has 0 radical (unpaired) electrons. The molecule has 0 saturated carbocycles. The van der Waals surface area contributed by atoms with Gasteiger partial charge in [-0.05, 0) is 26.3 Å². The summed E-state index contributed by atoms with van der Waals surface area (Å²) in [5.74, 6) is 0.107. The van der Waals surface area contributed by atoms with Crippen molar-refractivity contribution in [3.8, 4) is 0 Å². The fraction of sp³-hybridized carbons (Fsp3) is 0.700. The van der Waals surface area contributed by atoms with Crippen molar-refractivity contribution in [1.29, 1.82) is 0 Å². The van der Waals surface area contributed by atoms with Gasteiger partial charge in [-0.1, -0.05) is 13.0 Å². The van der Waals surface area contributed by atoms with Crippen molar-refractivity contribution in [2.75, 3.05) is 20.1 Å². The van der Waals surface area contributed by atoms with Crippen LogP contribution in [0.5, 0.6) is 0 Å². The van der Waals surface area contributed by atoms with Gasteiger partial charge in [0.1, 0.15) is 0 Å². The number of amides is 1. The first kappa shape index (κ1) is 12.2. The molecule has 0 aliphatic rings. The first-order valence-corrected chi connectivity index (χ1v) is 4.75. The predicted octanol–water partition coefficient (Wildman–Crippen LogP) is 1.15. The molecule has 2 N–H and O–H groups in total. The second kappa shape index (κ2) is 6.66. The standard InChI is InChI=1S/C10H20N2O/c1-4-6-9(2)10(13)12(3)8-5-7-11/h6H,4-5,7-8,11H2,1-3H3/b9-6-. The van der Waals surface area contributed by atoms with E-state index in [0.717, 1.165) is 25.0 Å². The minimum absolute atomic E-state index is 0.107. The van der Waals surface area contributed by atoms with E-state index in [2.05, 4.69) is 0 Å². The number of nitrogens with two attached hydrogens (primary N) is 1. The van der Waals surface area contributed by atoms with E-state index in [0.29, 0.717) is 6.54 Å². The van der Waals surface area contributed by atoms with Crippen LogP contribution in [0, 0.1) is 0 Å². The van der Waals surface area contributed by atoms with Crippen LogP contribution in [0.2, 0.25) is 0 Å². The smallest absolute Gasteiger partial charge is 0.248 e. The quantitative estimate of drug-likeness (QED) is 0.651. The Morgan fingerprint density at radius 1 is 1.54 bits per heavy atom. The average molecular weight is 184 g/mol. The predicted molar refractivity (Wildman–Crippen MR) is 55.4 cm³/mol. The van der Waals surface area contributed by atoms with Gasteiger partial charge in [0.05, 0.1) is 0 Å². The Balaban J connectivity index is 4.01. The van der Waals surface area contributed by atoms with Gasteiger partial charge >= 0.3 is 0 Å². The van der Waals surface area contributed by atoms with Crippen molar-refractivity contribution in [2.45, 2.75) is 26.7 Å². The zero-order chi connectivity index (χ0) is 10.3. The molecule has 0 rings (SSSR count). The van der Waals surface area contributed by atoms with Crippen molar-refractivity contribution in [1.82, 2.24) is 4.90 Å². The fourth-order valence-electron chi connectivity index (χ4n) is 1.12. The van der Waals surface area contributed by atoms with E-state index in [-0.39, 0.29) is 5.91 Å². The van der Waals surface area contributed by atoms with Crippen LogP contribution in [0.15, 0.2) is 11.6 Å². The lowest BCUT2D eigenvalue weighted by Gasteiger charge is -2.16. The van der Waals surface area contributed by atoms with Crippen LogP contribution in [-0.4, -0.2) is 30.9 Å². The Morgan fingerprint density at radius 2 is 2.15 bits per heavy atom. The monoisotopic (exact) mass is 184 g/mol. The maximum absolute atomic E-state index is 11.6. The zero-order valence-corrected chi connectivity index (χ0v) is 8.84. The summed E-state index contributed by atoms with van der Waals surface area (Å²) in [5.41, 5.74) is 6.18. The van der Waals surface area contributed by atoms with Crippen molar-refractivity contribution in [2.24, 2.45) is 5.73 Å². The summed E-state index contributed by atoms with van der Waals surface area (Å²) < 4.78 is 0. The third kappa shape index (κ3) is 4.68. The van der Waals surface area contributed by atoms with E-state index < -0.39 is 0 Å².